The molecular formula is C30H32ClFN2O5. The third kappa shape index (κ3) is 8.43. The molecule has 0 spiro atoms. The van der Waals surface area contributed by atoms with Crippen LogP contribution in [0.3, 0.4) is 0 Å². The second-order valence-corrected chi connectivity index (χ2v) is 9.99. The minimum absolute atomic E-state index is 0.0352. The molecule has 0 N–H and O–H groups in total. The molecule has 1 aliphatic rings. The normalized spacial score (nSPS) is 16.9. The lowest BCUT2D eigenvalue weighted by Gasteiger charge is -2.42. The number of carbonyl (C=O) groups is 2. The van der Waals surface area contributed by atoms with E-state index in [2.05, 4.69) is 0 Å². The van der Waals surface area contributed by atoms with Gasteiger partial charge in [-0.3, -0.25) is 9.59 Å². The molecule has 0 saturated carbocycles. The predicted molar refractivity (Wildman–Crippen MR) is 146 cm³/mol. The standard InChI is InChI=1S/C30H32ClFN2O5/c1-33(20-23-6-3-2-4-7-23)29(36)19-30(22-38-26-12-10-24(31)11-13-26)21-34(15-17-39-30)28(35)14-16-37-27-9-5-8-25(32)18-27/h2-13,18H,14-17,19-22H2,1H3/t30-/m0/s1. The van der Waals surface area contributed by atoms with Crippen LogP contribution in [0.5, 0.6) is 11.5 Å². The van der Waals surface area contributed by atoms with Crippen LogP contribution in [0.4, 0.5) is 4.39 Å². The lowest BCUT2D eigenvalue weighted by Crippen LogP contribution is -2.58. The zero-order valence-electron chi connectivity index (χ0n) is 21.9. The lowest BCUT2D eigenvalue weighted by molar-refractivity contribution is -0.165. The lowest BCUT2D eigenvalue weighted by atomic mass is 9.96. The van der Waals surface area contributed by atoms with Crippen LogP contribution in [-0.4, -0.2) is 67.2 Å². The number of carbonyl (C=O) groups excluding carboxylic acids is 2. The summed E-state index contributed by atoms with van der Waals surface area (Å²) >= 11 is 6.00. The molecule has 0 bridgehead atoms. The fourth-order valence-electron chi connectivity index (χ4n) is 4.38. The number of amides is 2. The van der Waals surface area contributed by atoms with Gasteiger partial charge in [-0.15, -0.1) is 0 Å². The Morgan fingerprint density at radius 2 is 1.79 bits per heavy atom. The summed E-state index contributed by atoms with van der Waals surface area (Å²) in [5.74, 6) is 0.277. The number of nitrogens with zero attached hydrogens (tertiary/aromatic N) is 2. The third-order valence-electron chi connectivity index (χ3n) is 6.46. The molecule has 0 unspecified atom stereocenters. The number of benzene rings is 3. The Balaban J connectivity index is 1.42. The molecule has 3 aromatic rings. The first-order valence-electron chi connectivity index (χ1n) is 12.8. The van der Waals surface area contributed by atoms with Gasteiger partial charge in [0, 0.05) is 31.2 Å². The minimum Gasteiger partial charge on any atom is -0.493 e. The molecule has 1 atom stereocenters. The molecule has 39 heavy (non-hydrogen) atoms. The molecule has 0 aromatic heterocycles. The van der Waals surface area contributed by atoms with Crippen LogP contribution in [0.15, 0.2) is 78.9 Å². The maximum Gasteiger partial charge on any atom is 0.226 e. The van der Waals surface area contributed by atoms with Crippen LogP contribution in [0.1, 0.15) is 18.4 Å². The largest absolute Gasteiger partial charge is 0.493 e. The average molecular weight is 555 g/mol. The molecule has 3 aromatic carbocycles. The van der Waals surface area contributed by atoms with Crippen LogP contribution in [0, 0.1) is 5.82 Å². The van der Waals surface area contributed by atoms with Gasteiger partial charge in [0.15, 0.2) is 0 Å². The van der Waals surface area contributed by atoms with Gasteiger partial charge in [-0.05, 0) is 42.0 Å². The van der Waals surface area contributed by atoms with Crippen molar-refractivity contribution < 1.29 is 28.2 Å². The number of hydrogen-bond acceptors (Lipinski definition) is 5. The molecule has 1 aliphatic heterocycles. The van der Waals surface area contributed by atoms with Gasteiger partial charge in [0.1, 0.15) is 29.5 Å². The number of morpholine rings is 1. The molecule has 0 aliphatic carbocycles. The highest BCUT2D eigenvalue weighted by atomic mass is 35.5. The van der Waals surface area contributed by atoms with E-state index in [1.54, 1.807) is 53.2 Å². The van der Waals surface area contributed by atoms with Gasteiger partial charge in [0.05, 0.1) is 32.6 Å². The number of ether oxygens (including phenoxy) is 3. The SMILES string of the molecule is CN(Cc1ccccc1)C(=O)C[C@@]1(COc2ccc(Cl)cc2)CN(C(=O)CCOc2cccc(F)c2)CCO1. The van der Waals surface area contributed by atoms with Crippen LogP contribution >= 0.6 is 11.6 Å². The maximum atomic E-state index is 13.4. The molecule has 2 amide bonds. The smallest absolute Gasteiger partial charge is 0.226 e. The summed E-state index contributed by atoms with van der Waals surface area (Å²) in [6, 6.07) is 22.4. The van der Waals surface area contributed by atoms with Gasteiger partial charge in [-0.2, -0.15) is 0 Å². The first kappa shape index (κ1) is 28.4. The van der Waals surface area contributed by atoms with Gasteiger partial charge in [0.25, 0.3) is 0 Å². The molecule has 1 saturated heterocycles. The summed E-state index contributed by atoms with van der Waals surface area (Å²) in [5, 5.41) is 0.584. The monoisotopic (exact) mass is 554 g/mol. The van der Waals surface area contributed by atoms with Crippen LogP contribution in [0.25, 0.3) is 0 Å². The number of rotatable bonds is 11. The van der Waals surface area contributed by atoms with E-state index in [9.17, 15) is 14.0 Å². The Morgan fingerprint density at radius 3 is 2.54 bits per heavy atom. The molecule has 206 valence electrons. The Kier molecular flexibility index (Phi) is 9.79. The number of hydrogen-bond donors (Lipinski definition) is 0. The number of halogens is 2. The first-order valence-corrected chi connectivity index (χ1v) is 13.2. The summed E-state index contributed by atoms with van der Waals surface area (Å²) in [4.78, 5) is 29.7. The van der Waals surface area contributed by atoms with Crippen molar-refractivity contribution in [3.05, 3.63) is 95.3 Å². The van der Waals surface area contributed by atoms with Crippen molar-refractivity contribution in [2.75, 3.05) is 40.0 Å². The second-order valence-electron chi connectivity index (χ2n) is 9.56. The van der Waals surface area contributed by atoms with Crippen molar-refractivity contribution in [3.63, 3.8) is 0 Å². The van der Waals surface area contributed by atoms with E-state index in [-0.39, 0.29) is 51.0 Å². The molecule has 9 heteroatoms. The van der Waals surface area contributed by atoms with Crippen molar-refractivity contribution in [2.24, 2.45) is 0 Å². The zero-order chi connectivity index (χ0) is 27.7. The average Bonchev–Trinajstić information content (AvgIpc) is 2.93. The summed E-state index contributed by atoms with van der Waals surface area (Å²) in [6.07, 6.45) is 0.139. The van der Waals surface area contributed by atoms with E-state index in [0.29, 0.717) is 29.6 Å². The van der Waals surface area contributed by atoms with Gasteiger partial charge in [0.2, 0.25) is 11.8 Å². The quantitative estimate of drug-likeness (QED) is 0.335. The Labute approximate surface area is 233 Å². The van der Waals surface area contributed by atoms with E-state index in [4.69, 9.17) is 25.8 Å². The van der Waals surface area contributed by atoms with Gasteiger partial charge in [-0.1, -0.05) is 48.0 Å². The fourth-order valence-corrected chi connectivity index (χ4v) is 4.50. The first-order chi connectivity index (χ1) is 18.8. The van der Waals surface area contributed by atoms with E-state index < -0.39 is 11.4 Å². The second kappa shape index (κ2) is 13.4. The van der Waals surface area contributed by atoms with Gasteiger partial charge < -0.3 is 24.0 Å². The third-order valence-corrected chi connectivity index (χ3v) is 6.71. The van der Waals surface area contributed by atoms with Crippen molar-refractivity contribution in [2.45, 2.75) is 25.0 Å². The van der Waals surface area contributed by atoms with E-state index in [1.807, 2.05) is 30.3 Å². The van der Waals surface area contributed by atoms with Crippen molar-refractivity contribution in [1.82, 2.24) is 9.80 Å². The summed E-state index contributed by atoms with van der Waals surface area (Å²) in [5.41, 5.74) is -0.0293. The summed E-state index contributed by atoms with van der Waals surface area (Å²) < 4.78 is 31.2. The highest BCUT2D eigenvalue weighted by Crippen LogP contribution is 2.27. The topological polar surface area (TPSA) is 68.3 Å². The van der Waals surface area contributed by atoms with Crippen molar-refractivity contribution >= 4 is 23.4 Å². The predicted octanol–water partition coefficient (Wildman–Crippen LogP) is 4.97. The van der Waals surface area contributed by atoms with Gasteiger partial charge in [-0.25, -0.2) is 4.39 Å². The zero-order valence-corrected chi connectivity index (χ0v) is 22.6. The Hall–Kier alpha value is -3.62. The highest BCUT2D eigenvalue weighted by molar-refractivity contribution is 6.30. The van der Waals surface area contributed by atoms with E-state index >= 15 is 0 Å². The Morgan fingerprint density at radius 1 is 1.03 bits per heavy atom. The van der Waals surface area contributed by atoms with Crippen LogP contribution in [-0.2, 0) is 20.9 Å². The summed E-state index contributed by atoms with van der Waals surface area (Å²) in [6.45, 7) is 1.46. The molecule has 1 fully saturated rings. The maximum absolute atomic E-state index is 13.4. The van der Waals surface area contributed by atoms with E-state index in [0.717, 1.165) is 5.56 Å². The van der Waals surface area contributed by atoms with Crippen LogP contribution < -0.4 is 9.47 Å². The fraction of sp³-hybridized carbons (Fsp3) is 0.333. The van der Waals surface area contributed by atoms with Gasteiger partial charge >= 0.3 is 0 Å². The van der Waals surface area contributed by atoms with Crippen LogP contribution in [0.2, 0.25) is 5.02 Å². The van der Waals surface area contributed by atoms with Crippen molar-refractivity contribution in [1.29, 1.82) is 0 Å². The highest BCUT2D eigenvalue weighted by Gasteiger charge is 2.42. The molecular weight excluding hydrogens is 523 g/mol. The Bertz CT molecular complexity index is 1240. The molecule has 0 radical (unpaired) electrons. The van der Waals surface area contributed by atoms with Crippen molar-refractivity contribution in [3.8, 4) is 11.5 Å². The molecule has 4 rings (SSSR count). The summed E-state index contributed by atoms with van der Waals surface area (Å²) in [7, 11) is 1.75. The minimum atomic E-state index is -1.04. The van der Waals surface area contributed by atoms with E-state index in [1.165, 1.54) is 12.1 Å². The molecule has 7 nitrogen and oxygen atoms in total. The molecule has 1 heterocycles.